The van der Waals surface area contributed by atoms with E-state index in [9.17, 15) is 0 Å². The zero-order valence-electron chi connectivity index (χ0n) is 10.7. The number of hydrogen-bond acceptors (Lipinski definition) is 1. The number of rotatable bonds is 4. The second kappa shape index (κ2) is 4.87. The Morgan fingerprint density at radius 3 is 2.53 bits per heavy atom. The van der Waals surface area contributed by atoms with E-state index in [4.69, 9.17) is 5.73 Å². The van der Waals surface area contributed by atoms with Crippen molar-refractivity contribution in [3.05, 3.63) is 0 Å². The Labute approximate surface area is 104 Å². The largest absolute Gasteiger partial charge is 0.370 e. The molecule has 0 bridgehead atoms. The average Bonchev–Trinajstić information content (AvgIpc) is 2.77. The van der Waals surface area contributed by atoms with Crippen LogP contribution in [0.5, 0.6) is 0 Å². The van der Waals surface area contributed by atoms with Gasteiger partial charge in [-0.1, -0.05) is 32.1 Å². The minimum Gasteiger partial charge on any atom is -0.370 e. The molecular weight excluding hydrogens is 210 g/mol. The van der Waals surface area contributed by atoms with Crippen LogP contribution in [0.4, 0.5) is 0 Å². The minimum atomic E-state index is 0.598. The van der Waals surface area contributed by atoms with Crippen molar-refractivity contribution in [2.75, 3.05) is 6.54 Å². The molecule has 2 atom stereocenters. The third-order valence-corrected chi connectivity index (χ3v) is 4.94. The first-order valence-corrected chi connectivity index (χ1v) is 7.39. The molecule has 3 N–H and O–H groups in total. The van der Waals surface area contributed by atoms with Crippen molar-refractivity contribution in [3.63, 3.8) is 0 Å². The predicted octanol–water partition coefficient (Wildman–Crippen LogP) is 2.27. The van der Waals surface area contributed by atoms with E-state index < -0.39 is 0 Å². The van der Waals surface area contributed by atoms with E-state index in [1.807, 2.05) is 0 Å². The van der Waals surface area contributed by atoms with E-state index in [1.165, 1.54) is 51.4 Å². The van der Waals surface area contributed by atoms with Crippen molar-refractivity contribution >= 4 is 5.96 Å². The molecule has 96 valence electrons. The van der Waals surface area contributed by atoms with Crippen molar-refractivity contribution in [2.45, 2.75) is 57.4 Å². The van der Waals surface area contributed by atoms with Crippen LogP contribution in [0.15, 0.2) is 4.99 Å². The standard InChI is InChI=1S/C14H25N3/c15-14(17-12-6-1-2-7-12)16-9-11-8-13(11)10-4-3-5-10/h10-13H,1-9H2,(H3,15,16,17)/t11-,13-/m0/s1. The highest BCUT2D eigenvalue weighted by Crippen LogP contribution is 2.51. The summed E-state index contributed by atoms with van der Waals surface area (Å²) >= 11 is 0. The molecule has 0 aromatic rings. The lowest BCUT2D eigenvalue weighted by Gasteiger charge is -2.25. The fourth-order valence-corrected chi connectivity index (χ4v) is 3.47. The number of nitrogens with zero attached hydrogens (tertiary/aromatic N) is 1. The van der Waals surface area contributed by atoms with Crippen LogP contribution in [-0.2, 0) is 0 Å². The molecule has 0 aliphatic heterocycles. The first-order chi connectivity index (χ1) is 8.33. The van der Waals surface area contributed by atoms with E-state index in [0.717, 1.165) is 24.3 Å². The summed E-state index contributed by atoms with van der Waals surface area (Å²) in [5.41, 5.74) is 5.94. The lowest BCUT2D eigenvalue weighted by Crippen LogP contribution is -2.38. The molecule has 0 saturated heterocycles. The third-order valence-electron chi connectivity index (χ3n) is 4.94. The smallest absolute Gasteiger partial charge is 0.188 e. The first-order valence-electron chi connectivity index (χ1n) is 7.39. The minimum absolute atomic E-state index is 0.598. The van der Waals surface area contributed by atoms with Crippen molar-refractivity contribution in [1.29, 1.82) is 0 Å². The second-order valence-electron chi connectivity index (χ2n) is 6.20. The molecule has 0 aromatic carbocycles. The number of guanidine groups is 1. The van der Waals surface area contributed by atoms with Gasteiger partial charge in [-0.05, 0) is 37.0 Å². The zero-order valence-corrected chi connectivity index (χ0v) is 10.7. The molecule has 3 fully saturated rings. The summed E-state index contributed by atoms with van der Waals surface area (Å²) in [7, 11) is 0. The van der Waals surface area contributed by atoms with Crippen LogP contribution in [0.25, 0.3) is 0 Å². The Balaban J connectivity index is 1.37. The van der Waals surface area contributed by atoms with Gasteiger partial charge < -0.3 is 11.1 Å². The summed E-state index contributed by atoms with van der Waals surface area (Å²) in [5, 5.41) is 3.36. The van der Waals surface area contributed by atoms with Crippen molar-refractivity contribution in [2.24, 2.45) is 28.5 Å². The van der Waals surface area contributed by atoms with Gasteiger partial charge in [-0.15, -0.1) is 0 Å². The summed E-state index contributed by atoms with van der Waals surface area (Å²) in [6.45, 7) is 0.965. The topological polar surface area (TPSA) is 50.4 Å². The summed E-state index contributed by atoms with van der Waals surface area (Å²) in [6.07, 6.45) is 11.0. The molecule has 3 rings (SSSR count). The van der Waals surface area contributed by atoms with Crippen LogP contribution < -0.4 is 11.1 Å². The molecule has 17 heavy (non-hydrogen) atoms. The monoisotopic (exact) mass is 235 g/mol. The molecule has 0 amide bonds. The highest BCUT2D eigenvalue weighted by atomic mass is 15.1. The molecule has 3 nitrogen and oxygen atoms in total. The van der Waals surface area contributed by atoms with Gasteiger partial charge in [0.2, 0.25) is 0 Å². The van der Waals surface area contributed by atoms with Gasteiger partial charge in [-0.3, -0.25) is 4.99 Å². The Bertz CT molecular complexity index is 290. The van der Waals surface area contributed by atoms with Gasteiger partial charge in [0.15, 0.2) is 5.96 Å². The predicted molar refractivity (Wildman–Crippen MR) is 70.8 cm³/mol. The number of nitrogens with one attached hydrogen (secondary N) is 1. The molecule has 0 heterocycles. The molecule has 3 aliphatic carbocycles. The molecule has 0 spiro atoms. The molecule has 0 aromatic heterocycles. The maximum atomic E-state index is 5.94. The van der Waals surface area contributed by atoms with Gasteiger partial charge in [-0.2, -0.15) is 0 Å². The maximum Gasteiger partial charge on any atom is 0.188 e. The highest BCUT2D eigenvalue weighted by Gasteiger charge is 2.44. The Morgan fingerprint density at radius 2 is 1.88 bits per heavy atom. The summed E-state index contributed by atoms with van der Waals surface area (Å²) < 4.78 is 0. The van der Waals surface area contributed by atoms with Crippen LogP contribution >= 0.6 is 0 Å². The van der Waals surface area contributed by atoms with Crippen molar-refractivity contribution in [3.8, 4) is 0 Å². The molecule has 0 radical (unpaired) electrons. The van der Waals surface area contributed by atoms with E-state index >= 15 is 0 Å². The van der Waals surface area contributed by atoms with Gasteiger partial charge >= 0.3 is 0 Å². The zero-order chi connectivity index (χ0) is 11.7. The van der Waals surface area contributed by atoms with E-state index in [-0.39, 0.29) is 0 Å². The van der Waals surface area contributed by atoms with Crippen LogP contribution in [-0.4, -0.2) is 18.5 Å². The van der Waals surface area contributed by atoms with Crippen molar-refractivity contribution in [1.82, 2.24) is 5.32 Å². The van der Waals surface area contributed by atoms with Gasteiger partial charge in [-0.25, -0.2) is 0 Å². The molecule has 3 heteroatoms. The quantitative estimate of drug-likeness (QED) is 0.580. The fourth-order valence-electron chi connectivity index (χ4n) is 3.47. The first kappa shape index (κ1) is 11.4. The van der Waals surface area contributed by atoms with Gasteiger partial charge in [0, 0.05) is 12.6 Å². The van der Waals surface area contributed by atoms with E-state index in [0.29, 0.717) is 12.0 Å². The Kier molecular flexibility index (Phi) is 3.26. The summed E-state index contributed by atoms with van der Waals surface area (Å²) in [6, 6.07) is 0.598. The van der Waals surface area contributed by atoms with Crippen LogP contribution in [0.2, 0.25) is 0 Å². The summed E-state index contributed by atoms with van der Waals surface area (Å²) in [4.78, 5) is 4.52. The Morgan fingerprint density at radius 1 is 1.12 bits per heavy atom. The number of aliphatic imine (C=N–C) groups is 1. The SMILES string of the molecule is NC(=NC[C@@H]1C[C@H]1C1CCC1)NC1CCCC1. The average molecular weight is 235 g/mol. The lowest BCUT2D eigenvalue weighted by atomic mass is 9.81. The van der Waals surface area contributed by atoms with Crippen LogP contribution in [0, 0.1) is 17.8 Å². The number of nitrogens with two attached hydrogens (primary N) is 1. The van der Waals surface area contributed by atoms with Crippen LogP contribution in [0.1, 0.15) is 51.4 Å². The van der Waals surface area contributed by atoms with E-state index in [1.54, 1.807) is 0 Å². The fraction of sp³-hybridized carbons (Fsp3) is 0.929. The van der Waals surface area contributed by atoms with Gasteiger partial charge in [0.05, 0.1) is 0 Å². The van der Waals surface area contributed by atoms with Gasteiger partial charge in [0.1, 0.15) is 0 Å². The highest BCUT2D eigenvalue weighted by molar-refractivity contribution is 5.78. The molecule has 3 aliphatic rings. The maximum absolute atomic E-state index is 5.94. The van der Waals surface area contributed by atoms with Crippen molar-refractivity contribution < 1.29 is 0 Å². The molecule has 3 saturated carbocycles. The van der Waals surface area contributed by atoms with E-state index in [2.05, 4.69) is 10.3 Å². The third kappa shape index (κ3) is 2.75. The van der Waals surface area contributed by atoms with Gasteiger partial charge in [0.25, 0.3) is 0 Å². The van der Waals surface area contributed by atoms with Crippen LogP contribution in [0.3, 0.4) is 0 Å². The summed E-state index contributed by atoms with van der Waals surface area (Å²) in [5.74, 6) is 3.58. The lowest BCUT2D eigenvalue weighted by molar-refractivity contribution is 0.266. The molecule has 0 unspecified atom stereocenters. The molecular formula is C14H25N3. The number of hydrogen-bond donors (Lipinski definition) is 2. The second-order valence-corrected chi connectivity index (χ2v) is 6.20. The Hall–Kier alpha value is -0.730. The normalized spacial score (nSPS) is 34.7.